The molecule has 0 aliphatic carbocycles. The second-order valence-corrected chi connectivity index (χ2v) is 9.94. The van der Waals surface area contributed by atoms with E-state index in [0.717, 1.165) is 22.3 Å². The standard InChI is InChI=1S/C34H37NO5/c35-31-33(38-23-28-17-9-3-10-18-28)32(37-22-27-15-7-2-8-16-27)30(25-36-21-26-13-5-1-6-14-26)40-34(31)39-24-29-19-11-4-12-20-29/h1-20,30-34H,21-25,35H2/t30?,31?,32-,33?,34+/m1/s1. The van der Waals surface area contributed by atoms with Gasteiger partial charge in [0.05, 0.1) is 39.1 Å². The molecule has 6 heteroatoms. The fraction of sp³-hybridized carbons (Fsp3) is 0.294. The summed E-state index contributed by atoms with van der Waals surface area (Å²) < 4.78 is 31.8. The molecule has 2 N–H and O–H groups in total. The molecule has 6 nitrogen and oxygen atoms in total. The molecule has 0 radical (unpaired) electrons. The zero-order valence-corrected chi connectivity index (χ0v) is 22.6. The molecule has 3 unspecified atom stereocenters. The van der Waals surface area contributed by atoms with Crippen LogP contribution < -0.4 is 5.73 Å². The van der Waals surface area contributed by atoms with Crippen LogP contribution in [0.1, 0.15) is 22.3 Å². The number of hydrogen-bond donors (Lipinski definition) is 1. The molecule has 0 saturated carbocycles. The van der Waals surface area contributed by atoms with Crippen molar-refractivity contribution in [2.24, 2.45) is 5.73 Å². The van der Waals surface area contributed by atoms with Gasteiger partial charge in [0.25, 0.3) is 0 Å². The number of nitrogens with two attached hydrogens (primary N) is 1. The third-order valence-corrected chi connectivity index (χ3v) is 6.91. The predicted octanol–water partition coefficient (Wildman–Crippen LogP) is 5.64. The lowest BCUT2D eigenvalue weighted by atomic mass is 9.96. The van der Waals surface area contributed by atoms with Crippen molar-refractivity contribution in [3.8, 4) is 0 Å². The van der Waals surface area contributed by atoms with Crippen LogP contribution in [0.4, 0.5) is 0 Å². The number of hydrogen-bond acceptors (Lipinski definition) is 6. The molecule has 1 fully saturated rings. The summed E-state index contributed by atoms with van der Waals surface area (Å²) in [5, 5.41) is 0. The molecule has 5 rings (SSSR count). The first-order valence-electron chi connectivity index (χ1n) is 13.8. The van der Waals surface area contributed by atoms with Gasteiger partial charge < -0.3 is 29.4 Å². The number of rotatable bonds is 13. The first kappa shape index (κ1) is 28.2. The summed E-state index contributed by atoms with van der Waals surface area (Å²) in [6.45, 7) is 1.93. The Kier molecular flexibility index (Phi) is 10.5. The first-order valence-corrected chi connectivity index (χ1v) is 13.8. The third kappa shape index (κ3) is 8.08. The van der Waals surface area contributed by atoms with Crippen LogP contribution in [-0.2, 0) is 50.1 Å². The second kappa shape index (κ2) is 14.9. The van der Waals surface area contributed by atoms with E-state index in [1.54, 1.807) is 0 Å². The smallest absolute Gasteiger partial charge is 0.176 e. The Bertz CT molecular complexity index is 1200. The van der Waals surface area contributed by atoms with Gasteiger partial charge in [0.1, 0.15) is 18.3 Å². The van der Waals surface area contributed by atoms with E-state index < -0.39 is 30.6 Å². The zero-order valence-electron chi connectivity index (χ0n) is 22.6. The normalized spacial score (nSPS) is 22.7. The summed E-state index contributed by atoms with van der Waals surface area (Å²) >= 11 is 0. The summed E-state index contributed by atoms with van der Waals surface area (Å²) in [5.74, 6) is 0. The van der Waals surface area contributed by atoms with Crippen molar-refractivity contribution in [1.82, 2.24) is 0 Å². The van der Waals surface area contributed by atoms with Gasteiger partial charge >= 0.3 is 0 Å². The minimum absolute atomic E-state index is 0.303. The van der Waals surface area contributed by atoms with Crippen LogP contribution in [-0.4, -0.2) is 37.3 Å². The Hall–Kier alpha value is -3.36. The average molecular weight is 540 g/mol. The van der Waals surface area contributed by atoms with E-state index in [-0.39, 0.29) is 0 Å². The molecule has 5 atom stereocenters. The maximum absolute atomic E-state index is 6.80. The lowest BCUT2D eigenvalue weighted by molar-refractivity contribution is -0.289. The molecular weight excluding hydrogens is 502 g/mol. The Morgan fingerprint density at radius 2 is 0.900 bits per heavy atom. The minimum Gasteiger partial charge on any atom is -0.374 e. The van der Waals surface area contributed by atoms with Crippen LogP contribution in [0.15, 0.2) is 121 Å². The summed E-state index contributed by atoms with van der Waals surface area (Å²) in [7, 11) is 0. The SMILES string of the molecule is NC1C(OCc2ccccc2)[C@H](OCc2ccccc2)C(COCc2ccccc2)O[C@@H]1OCc1ccccc1. The second-order valence-electron chi connectivity index (χ2n) is 9.94. The molecule has 208 valence electrons. The van der Waals surface area contributed by atoms with E-state index in [2.05, 4.69) is 0 Å². The van der Waals surface area contributed by atoms with Gasteiger partial charge in [-0.25, -0.2) is 0 Å². The maximum Gasteiger partial charge on any atom is 0.176 e. The Labute approximate surface area is 236 Å². The van der Waals surface area contributed by atoms with Crippen molar-refractivity contribution in [3.63, 3.8) is 0 Å². The van der Waals surface area contributed by atoms with Crippen molar-refractivity contribution in [2.45, 2.75) is 57.1 Å². The molecule has 1 heterocycles. The molecule has 0 aromatic heterocycles. The first-order chi connectivity index (χ1) is 19.8. The molecule has 0 amide bonds. The quantitative estimate of drug-likeness (QED) is 0.237. The van der Waals surface area contributed by atoms with Crippen molar-refractivity contribution >= 4 is 0 Å². The fourth-order valence-corrected chi connectivity index (χ4v) is 4.77. The van der Waals surface area contributed by atoms with Crippen molar-refractivity contribution in [2.75, 3.05) is 6.61 Å². The molecule has 0 spiro atoms. The Morgan fingerprint density at radius 1 is 0.500 bits per heavy atom. The van der Waals surface area contributed by atoms with Crippen LogP contribution in [0, 0.1) is 0 Å². The van der Waals surface area contributed by atoms with E-state index in [9.17, 15) is 0 Å². The highest BCUT2D eigenvalue weighted by atomic mass is 16.7. The lowest BCUT2D eigenvalue weighted by Gasteiger charge is -2.44. The zero-order chi connectivity index (χ0) is 27.4. The van der Waals surface area contributed by atoms with Gasteiger partial charge in [-0.05, 0) is 22.3 Å². The van der Waals surface area contributed by atoms with E-state index in [4.69, 9.17) is 29.4 Å². The summed E-state index contributed by atoms with van der Waals surface area (Å²) in [4.78, 5) is 0. The van der Waals surface area contributed by atoms with E-state index in [1.165, 1.54) is 0 Å². The lowest BCUT2D eigenvalue weighted by Crippen LogP contribution is -2.64. The fourth-order valence-electron chi connectivity index (χ4n) is 4.77. The van der Waals surface area contributed by atoms with Crippen LogP contribution >= 0.6 is 0 Å². The molecule has 1 aliphatic rings. The summed E-state index contributed by atoms with van der Waals surface area (Å²) in [6, 6.07) is 39.6. The van der Waals surface area contributed by atoms with Crippen LogP contribution in [0.5, 0.6) is 0 Å². The van der Waals surface area contributed by atoms with E-state index in [1.807, 2.05) is 121 Å². The van der Waals surface area contributed by atoms with Crippen LogP contribution in [0.3, 0.4) is 0 Å². The van der Waals surface area contributed by atoms with Crippen molar-refractivity contribution in [3.05, 3.63) is 144 Å². The minimum atomic E-state index is -0.692. The topological polar surface area (TPSA) is 72.2 Å². The van der Waals surface area contributed by atoms with Gasteiger partial charge in [0.15, 0.2) is 6.29 Å². The highest BCUT2D eigenvalue weighted by molar-refractivity contribution is 5.16. The molecule has 1 saturated heterocycles. The maximum atomic E-state index is 6.80. The van der Waals surface area contributed by atoms with Gasteiger partial charge in [-0.2, -0.15) is 0 Å². The van der Waals surface area contributed by atoms with Crippen molar-refractivity contribution < 1.29 is 23.7 Å². The molecule has 0 bridgehead atoms. The molecule has 40 heavy (non-hydrogen) atoms. The van der Waals surface area contributed by atoms with Gasteiger partial charge in [-0.3, -0.25) is 0 Å². The summed E-state index contributed by atoms with van der Waals surface area (Å²) in [5.41, 5.74) is 11.0. The van der Waals surface area contributed by atoms with Crippen molar-refractivity contribution in [1.29, 1.82) is 0 Å². The average Bonchev–Trinajstić information content (AvgIpc) is 3.01. The van der Waals surface area contributed by atoms with Crippen LogP contribution in [0.25, 0.3) is 0 Å². The predicted molar refractivity (Wildman–Crippen MR) is 154 cm³/mol. The molecule has 4 aromatic rings. The number of ether oxygens (including phenoxy) is 5. The van der Waals surface area contributed by atoms with Gasteiger partial charge in [-0.15, -0.1) is 0 Å². The molecular formula is C34H37NO5. The van der Waals surface area contributed by atoms with E-state index in [0.29, 0.717) is 33.0 Å². The monoisotopic (exact) mass is 539 g/mol. The Morgan fingerprint density at radius 3 is 1.38 bits per heavy atom. The van der Waals surface area contributed by atoms with E-state index >= 15 is 0 Å². The van der Waals surface area contributed by atoms with Gasteiger partial charge in [0.2, 0.25) is 0 Å². The summed E-state index contributed by atoms with van der Waals surface area (Å²) in [6.07, 6.45) is -2.09. The van der Waals surface area contributed by atoms with Gasteiger partial charge in [-0.1, -0.05) is 121 Å². The van der Waals surface area contributed by atoms with Crippen LogP contribution in [0.2, 0.25) is 0 Å². The highest BCUT2D eigenvalue weighted by Gasteiger charge is 2.46. The Balaban J connectivity index is 1.34. The number of benzene rings is 4. The highest BCUT2D eigenvalue weighted by Crippen LogP contribution is 2.28. The molecule has 4 aromatic carbocycles. The molecule has 1 aliphatic heterocycles. The largest absolute Gasteiger partial charge is 0.374 e. The van der Waals surface area contributed by atoms with Gasteiger partial charge in [0, 0.05) is 0 Å². The third-order valence-electron chi connectivity index (χ3n) is 6.91.